The Morgan fingerprint density at radius 1 is 1.12 bits per heavy atom. The van der Waals surface area contributed by atoms with Crippen LogP contribution in [-0.4, -0.2) is 56.7 Å². The van der Waals surface area contributed by atoms with E-state index < -0.39 is 0 Å². The molecule has 0 bridgehead atoms. The predicted octanol–water partition coefficient (Wildman–Crippen LogP) is 3.17. The first-order valence-corrected chi connectivity index (χ1v) is 11.8. The van der Waals surface area contributed by atoms with Gasteiger partial charge in [0.1, 0.15) is 5.82 Å². The van der Waals surface area contributed by atoms with E-state index in [1.165, 1.54) is 11.3 Å². The van der Waals surface area contributed by atoms with Crippen molar-refractivity contribution in [2.45, 2.75) is 6.54 Å². The van der Waals surface area contributed by atoms with Crippen molar-refractivity contribution < 1.29 is 4.79 Å². The van der Waals surface area contributed by atoms with Gasteiger partial charge in [0.25, 0.3) is 5.91 Å². The number of hydrogen-bond acceptors (Lipinski definition) is 8. The quantitative estimate of drug-likeness (QED) is 0.462. The molecule has 170 valence electrons. The number of aromatic nitrogens is 4. The van der Waals surface area contributed by atoms with Gasteiger partial charge in [0.2, 0.25) is 0 Å². The standard InChI is InChI=1S/C24H22N8OS/c25-15-18-4-3-5-20(14-18)32-9-7-21(29-32)23(33)28-24-27-19(17-34-24)16-30-10-12-31(13-11-30)22-6-1-2-8-26-22/h1-9,14,17H,10-13,16H2,(H,27,28,33). The van der Waals surface area contributed by atoms with Crippen molar-refractivity contribution in [3.05, 3.63) is 83.3 Å². The average Bonchev–Trinajstić information content (AvgIpc) is 3.55. The summed E-state index contributed by atoms with van der Waals surface area (Å²) in [6.07, 6.45) is 3.52. The number of carbonyl (C=O) groups is 1. The number of pyridine rings is 1. The van der Waals surface area contributed by atoms with Crippen molar-refractivity contribution >= 4 is 28.2 Å². The molecule has 0 unspecified atom stereocenters. The Morgan fingerprint density at radius 2 is 2.00 bits per heavy atom. The fourth-order valence-corrected chi connectivity index (χ4v) is 4.51. The zero-order chi connectivity index (χ0) is 23.3. The Hall–Kier alpha value is -4.07. The molecule has 3 aromatic heterocycles. The van der Waals surface area contributed by atoms with Crippen LogP contribution in [0.1, 0.15) is 21.7 Å². The zero-order valence-electron chi connectivity index (χ0n) is 18.3. The van der Waals surface area contributed by atoms with E-state index in [1.54, 1.807) is 35.1 Å². The van der Waals surface area contributed by atoms with Gasteiger partial charge in [0.05, 0.1) is 23.0 Å². The number of carbonyl (C=O) groups excluding carboxylic acids is 1. The molecule has 10 heteroatoms. The van der Waals surface area contributed by atoms with Crippen molar-refractivity contribution in [3.63, 3.8) is 0 Å². The minimum atomic E-state index is -0.319. The lowest BCUT2D eigenvalue weighted by molar-refractivity contribution is 0.102. The molecule has 34 heavy (non-hydrogen) atoms. The number of nitriles is 1. The van der Waals surface area contributed by atoms with Crippen molar-refractivity contribution in [2.75, 3.05) is 36.4 Å². The van der Waals surface area contributed by atoms with Gasteiger partial charge in [0.15, 0.2) is 10.8 Å². The van der Waals surface area contributed by atoms with E-state index in [0.29, 0.717) is 10.7 Å². The maximum atomic E-state index is 12.7. The Bertz CT molecular complexity index is 1320. The zero-order valence-corrected chi connectivity index (χ0v) is 19.1. The fourth-order valence-electron chi connectivity index (χ4n) is 3.81. The van der Waals surface area contributed by atoms with Crippen LogP contribution < -0.4 is 10.2 Å². The van der Waals surface area contributed by atoms with Crippen molar-refractivity contribution in [3.8, 4) is 11.8 Å². The van der Waals surface area contributed by atoms with Gasteiger partial charge in [-0.1, -0.05) is 12.1 Å². The number of anilines is 2. The summed E-state index contributed by atoms with van der Waals surface area (Å²) in [6, 6.07) is 16.8. The number of hydrogen-bond donors (Lipinski definition) is 1. The molecule has 4 heterocycles. The highest BCUT2D eigenvalue weighted by atomic mass is 32.1. The molecule has 0 atom stereocenters. The Labute approximate surface area is 200 Å². The van der Waals surface area contributed by atoms with Crippen LogP contribution in [0.25, 0.3) is 5.69 Å². The van der Waals surface area contributed by atoms with Crippen LogP contribution in [0, 0.1) is 11.3 Å². The second-order valence-electron chi connectivity index (χ2n) is 7.86. The van der Waals surface area contributed by atoms with E-state index in [-0.39, 0.29) is 11.6 Å². The molecular formula is C24H22N8OS. The normalized spacial score (nSPS) is 14.0. The summed E-state index contributed by atoms with van der Waals surface area (Å²) < 4.78 is 1.58. The van der Waals surface area contributed by atoms with Gasteiger partial charge in [-0.25, -0.2) is 14.6 Å². The summed E-state index contributed by atoms with van der Waals surface area (Å²) in [6.45, 7) is 4.45. The Kier molecular flexibility index (Phi) is 6.29. The third-order valence-corrected chi connectivity index (χ3v) is 6.37. The molecule has 1 fully saturated rings. The average molecular weight is 471 g/mol. The number of amides is 1. The molecule has 0 spiro atoms. The van der Waals surface area contributed by atoms with Crippen LogP contribution in [0.4, 0.5) is 10.9 Å². The SMILES string of the molecule is N#Cc1cccc(-n2ccc(C(=O)Nc3nc(CN4CCN(c5ccccn5)CC4)cs3)n2)c1. The summed E-state index contributed by atoms with van der Waals surface area (Å²) in [5.74, 6) is 0.695. The highest BCUT2D eigenvalue weighted by Gasteiger charge is 2.19. The number of rotatable bonds is 6. The highest BCUT2D eigenvalue weighted by Crippen LogP contribution is 2.20. The second-order valence-corrected chi connectivity index (χ2v) is 8.72. The molecule has 9 nitrogen and oxygen atoms in total. The molecule has 1 aromatic carbocycles. The molecule has 1 aliphatic rings. The summed E-state index contributed by atoms with van der Waals surface area (Å²) in [4.78, 5) is 26.3. The number of piperazine rings is 1. The molecule has 0 saturated carbocycles. The third kappa shape index (κ3) is 4.96. The smallest absolute Gasteiger partial charge is 0.277 e. The van der Waals surface area contributed by atoms with Crippen LogP contribution in [-0.2, 0) is 6.54 Å². The molecule has 0 aliphatic carbocycles. The molecule has 1 amide bonds. The maximum absolute atomic E-state index is 12.7. The summed E-state index contributed by atoms with van der Waals surface area (Å²) in [5.41, 5.74) is 2.47. The van der Waals surface area contributed by atoms with E-state index in [0.717, 1.165) is 49.9 Å². The number of nitrogens with one attached hydrogen (secondary N) is 1. The van der Waals surface area contributed by atoms with E-state index in [1.807, 2.05) is 35.8 Å². The largest absolute Gasteiger partial charge is 0.354 e. The molecule has 4 aromatic rings. The lowest BCUT2D eigenvalue weighted by Crippen LogP contribution is -2.46. The molecule has 1 aliphatic heterocycles. The monoisotopic (exact) mass is 470 g/mol. The minimum Gasteiger partial charge on any atom is -0.354 e. The van der Waals surface area contributed by atoms with Crippen LogP contribution in [0.3, 0.4) is 0 Å². The predicted molar refractivity (Wildman–Crippen MR) is 130 cm³/mol. The first-order valence-electron chi connectivity index (χ1n) is 10.9. The first-order chi connectivity index (χ1) is 16.7. The van der Waals surface area contributed by atoms with Gasteiger partial charge < -0.3 is 4.90 Å². The Balaban J connectivity index is 1.16. The van der Waals surface area contributed by atoms with Crippen LogP contribution in [0.2, 0.25) is 0 Å². The molecule has 5 rings (SSSR count). The van der Waals surface area contributed by atoms with Gasteiger partial charge in [-0.2, -0.15) is 10.4 Å². The van der Waals surface area contributed by atoms with E-state index in [2.05, 4.69) is 36.3 Å². The van der Waals surface area contributed by atoms with Gasteiger partial charge in [-0.15, -0.1) is 11.3 Å². The van der Waals surface area contributed by atoms with E-state index >= 15 is 0 Å². The van der Waals surface area contributed by atoms with Gasteiger partial charge in [-0.3, -0.25) is 15.0 Å². The van der Waals surface area contributed by atoms with Crippen molar-refractivity contribution in [2.24, 2.45) is 0 Å². The highest BCUT2D eigenvalue weighted by molar-refractivity contribution is 7.13. The molecule has 1 saturated heterocycles. The maximum Gasteiger partial charge on any atom is 0.277 e. The summed E-state index contributed by atoms with van der Waals surface area (Å²) in [5, 5.41) is 18.8. The number of thiazole rings is 1. The third-order valence-electron chi connectivity index (χ3n) is 5.56. The van der Waals surface area contributed by atoms with Gasteiger partial charge >= 0.3 is 0 Å². The van der Waals surface area contributed by atoms with Gasteiger partial charge in [-0.05, 0) is 36.4 Å². The van der Waals surface area contributed by atoms with Gasteiger partial charge in [0, 0.05) is 50.5 Å². The number of nitrogens with zero attached hydrogens (tertiary/aromatic N) is 7. The van der Waals surface area contributed by atoms with E-state index in [9.17, 15) is 4.79 Å². The molecule has 0 radical (unpaired) electrons. The lowest BCUT2D eigenvalue weighted by atomic mass is 10.2. The fraction of sp³-hybridized carbons (Fsp3) is 0.208. The molecular weight excluding hydrogens is 448 g/mol. The van der Waals surface area contributed by atoms with Crippen LogP contribution in [0.15, 0.2) is 66.3 Å². The van der Waals surface area contributed by atoms with E-state index in [4.69, 9.17) is 5.26 Å². The van der Waals surface area contributed by atoms with Crippen molar-refractivity contribution in [1.82, 2.24) is 24.6 Å². The Morgan fingerprint density at radius 3 is 2.79 bits per heavy atom. The topological polar surface area (TPSA) is 103 Å². The first kappa shape index (κ1) is 21.8. The summed E-state index contributed by atoms with van der Waals surface area (Å²) in [7, 11) is 0. The number of benzene rings is 1. The van der Waals surface area contributed by atoms with Crippen molar-refractivity contribution in [1.29, 1.82) is 5.26 Å². The summed E-state index contributed by atoms with van der Waals surface area (Å²) >= 11 is 1.41. The second kappa shape index (κ2) is 9.82. The molecule has 1 N–H and O–H groups in total. The minimum absolute atomic E-state index is 0.282. The lowest BCUT2D eigenvalue weighted by Gasteiger charge is -2.35. The van der Waals surface area contributed by atoms with Crippen LogP contribution >= 0.6 is 11.3 Å². The van der Waals surface area contributed by atoms with Crippen LogP contribution in [0.5, 0.6) is 0 Å².